The third-order valence-electron chi connectivity index (χ3n) is 1.23. The fraction of sp³-hybridized carbons (Fsp3) is 0. The van der Waals surface area contributed by atoms with Crippen LogP contribution in [0, 0.1) is 0 Å². The van der Waals surface area contributed by atoms with Gasteiger partial charge in [-0.1, -0.05) is 17.7 Å². The zero-order chi connectivity index (χ0) is 8.43. The summed E-state index contributed by atoms with van der Waals surface area (Å²) in [5.41, 5.74) is 0.419. The van der Waals surface area contributed by atoms with Crippen LogP contribution >= 0.6 is 32.4 Å². The molecule has 1 nitrogen and oxygen atoms in total. The highest BCUT2D eigenvalue weighted by Crippen LogP contribution is 2.12. The van der Waals surface area contributed by atoms with E-state index in [4.69, 9.17) is 23.2 Å². The molecule has 0 amide bonds. The molecule has 1 unspecified atom stereocenters. The Balaban J connectivity index is 3.15. The van der Waals surface area contributed by atoms with Crippen molar-refractivity contribution in [2.45, 2.75) is 0 Å². The summed E-state index contributed by atoms with van der Waals surface area (Å²) in [6.45, 7) is 0. The van der Waals surface area contributed by atoms with Crippen molar-refractivity contribution < 1.29 is 4.79 Å². The van der Waals surface area contributed by atoms with Crippen LogP contribution in [0.3, 0.4) is 0 Å². The van der Waals surface area contributed by atoms with Crippen molar-refractivity contribution in [2.24, 2.45) is 0 Å². The molecule has 0 saturated carbocycles. The molecule has 1 aromatic rings. The summed E-state index contributed by atoms with van der Waals surface area (Å²) in [6, 6.07) is 4.89. The van der Waals surface area contributed by atoms with Crippen LogP contribution in [0.15, 0.2) is 18.2 Å². The second-order valence-corrected chi connectivity index (χ2v) is 3.38. The van der Waals surface area contributed by atoms with E-state index in [-0.39, 0.29) is 0 Å². The van der Waals surface area contributed by atoms with Gasteiger partial charge in [0.25, 0.3) is 5.24 Å². The predicted molar refractivity (Wildman–Crippen MR) is 51.0 cm³/mol. The highest BCUT2D eigenvalue weighted by Gasteiger charge is 2.02. The van der Waals surface area contributed by atoms with Gasteiger partial charge in [0.15, 0.2) is 0 Å². The van der Waals surface area contributed by atoms with Crippen molar-refractivity contribution in [3.63, 3.8) is 0 Å². The zero-order valence-electron chi connectivity index (χ0n) is 5.47. The van der Waals surface area contributed by atoms with Crippen LogP contribution < -0.4 is 5.30 Å². The van der Waals surface area contributed by atoms with Crippen LogP contribution in [0.1, 0.15) is 10.4 Å². The van der Waals surface area contributed by atoms with Gasteiger partial charge < -0.3 is 0 Å². The molecule has 1 atom stereocenters. The standard InChI is InChI=1S/C7H5Cl2OP/c8-5-3-4(7(9)10)1-2-6(5)11/h1-3H,11H2. The maximum absolute atomic E-state index is 10.6. The first-order valence-electron chi connectivity index (χ1n) is 2.86. The maximum atomic E-state index is 10.6. The van der Waals surface area contributed by atoms with Gasteiger partial charge in [-0.25, -0.2) is 0 Å². The zero-order valence-corrected chi connectivity index (χ0v) is 8.14. The van der Waals surface area contributed by atoms with Crippen LogP contribution in [-0.2, 0) is 0 Å². The van der Waals surface area contributed by atoms with Gasteiger partial charge in [0.1, 0.15) is 0 Å². The van der Waals surface area contributed by atoms with E-state index in [0.29, 0.717) is 10.6 Å². The summed E-state index contributed by atoms with van der Waals surface area (Å²) in [6.07, 6.45) is 0. The monoisotopic (exact) mass is 206 g/mol. The minimum atomic E-state index is -0.489. The van der Waals surface area contributed by atoms with Crippen molar-refractivity contribution in [1.29, 1.82) is 0 Å². The van der Waals surface area contributed by atoms with Crippen LogP contribution in [0.5, 0.6) is 0 Å². The molecule has 0 bridgehead atoms. The molecule has 0 aromatic heterocycles. The number of rotatable bonds is 1. The molecule has 0 spiro atoms. The van der Waals surface area contributed by atoms with E-state index in [1.165, 1.54) is 0 Å². The molecule has 0 N–H and O–H groups in total. The topological polar surface area (TPSA) is 17.1 Å². The smallest absolute Gasteiger partial charge is 0.252 e. The highest BCUT2D eigenvalue weighted by molar-refractivity contribution is 7.28. The van der Waals surface area contributed by atoms with E-state index in [2.05, 4.69) is 9.24 Å². The van der Waals surface area contributed by atoms with E-state index in [0.717, 1.165) is 5.30 Å². The number of carbonyl (C=O) groups is 1. The van der Waals surface area contributed by atoms with Crippen molar-refractivity contribution >= 4 is 43.0 Å². The molecular formula is C7H5Cl2OP. The number of carbonyl (C=O) groups excluding carboxylic acids is 1. The molecule has 0 fully saturated rings. The van der Waals surface area contributed by atoms with Gasteiger partial charge in [-0.15, -0.1) is 9.24 Å². The second-order valence-electron chi connectivity index (χ2n) is 2.01. The second kappa shape index (κ2) is 3.53. The summed E-state index contributed by atoms with van der Waals surface area (Å²) in [4.78, 5) is 10.6. The van der Waals surface area contributed by atoms with Gasteiger partial charge in [-0.3, -0.25) is 4.79 Å². The van der Waals surface area contributed by atoms with Gasteiger partial charge in [-0.05, 0) is 29.0 Å². The van der Waals surface area contributed by atoms with Crippen molar-refractivity contribution in [1.82, 2.24) is 0 Å². The van der Waals surface area contributed by atoms with E-state index in [9.17, 15) is 4.79 Å². The Hall–Kier alpha value is -0.100. The summed E-state index contributed by atoms with van der Waals surface area (Å²) in [5, 5.41) is 0.895. The Morgan fingerprint density at radius 1 is 1.45 bits per heavy atom. The first-order valence-corrected chi connectivity index (χ1v) is 4.19. The first kappa shape index (κ1) is 8.99. The highest BCUT2D eigenvalue weighted by atomic mass is 35.5. The van der Waals surface area contributed by atoms with Crippen molar-refractivity contribution in [3.05, 3.63) is 28.8 Å². The molecule has 0 saturated heterocycles. The molecule has 0 aliphatic rings. The largest absolute Gasteiger partial charge is 0.276 e. The van der Waals surface area contributed by atoms with E-state index in [1.54, 1.807) is 18.2 Å². The molecular weight excluding hydrogens is 202 g/mol. The van der Waals surface area contributed by atoms with Gasteiger partial charge in [0.2, 0.25) is 0 Å². The third kappa shape index (κ3) is 2.16. The molecule has 58 valence electrons. The third-order valence-corrected chi connectivity index (χ3v) is 2.46. The Labute approximate surface area is 76.9 Å². The molecule has 0 aliphatic heterocycles. The molecule has 11 heavy (non-hydrogen) atoms. The maximum Gasteiger partial charge on any atom is 0.252 e. The summed E-state index contributed by atoms with van der Waals surface area (Å²) in [7, 11) is 2.46. The molecule has 0 radical (unpaired) electrons. The average Bonchev–Trinajstić information content (AvgIpc) is 1.94. The fourth-order valence-electron chi connectivity index (χ4n) is 0.649. The molecule has 1 aromatic carbocycles. The van der Waals surface area contributed by atoms with E-state index in [1.807, 2.05) is 0 Å². The fourth-order valence-corrected chi connectivity index (χ4v) is 1.13. The summed E-state index contributed by atoms with van der Waals surface area (Å²) >= 11 is 10.9. The van der Waals surface area contributed by atoms with Gasteiger partial charge in [-0.2, -0.15) is 0 Å². The number of hydrogen-bond donors (Lipinski definition) is 0. The molecule has 0 heterocycles. The minimum absolute atomic E-state index is 0.419. The molecule has 0 aliphatic carbocycles. The summed E-state index contributed by atoms with van der Waals surface area (Å²) < 4.78 is 0. The normalized spacial score (nSPS) is 9.73. The Kier molecular flexibility index (Phi) is 2.89. The van der Waals surface area contributed by atoms with Crippen molar-refractivity contribution in [3.8, 4) is 0 Å². The van der Waals surface area contributed by atoms with E-state index >= 15 is 0 Å². The van der Waals surface area contributed by atoms with Gasteiger partial charge >= 0.3 is 0 Å². The lowest BCUT2D eigenvalue weighted by Gasteiger charge is -1.97. The lowest BCUT2D eigenvalue weighted by Crippen LogP contribution is -1.96. The Bertz CT molecular complexity index is 298. The molecule has 4 heteroatoms. The summed E-state index contributed by atoms with van der Waals surface area (Å²) in [5.74, 6) is 0. The van der Waals surface area contributed by atoms with Gasteiger partial charge in [0.05, 0.1) is 0 Å². The number of hydrogen-bond acceptors (Lipinski definition) is 1. The van der Waals surface area contributed by atoms with Crippen molar-refractivity contribution in [2.75, 3.05) is 0 Å². The minimum Gasteiger partial charge on any atom is -0.276 e. The van der Waals surface area contributed by atoms with Crippen LogP contribution in [0.25, 0.3) is 0 Å². The lowest BCUT2D eigenvalue weighted by molar-refractivity contribution is 0.108. The van der Waals surface area contributed by atoms with Crippen LogP contribution in [0.4, 0.5) is 0 Å². The Morgan fingerprint density at radius 3 is 2.55 bits per heavy atom. The quantitative estimate of drug-likeness (QED) is 0.509. The average molecular weight is 207 g/mol. The van der Waals surface area contributed by atoms with Crippen LogP contribution in [0.2, 0.25) is 5.02 Å². The lowest BCUT2D eigenvalue weighted by atomic mass is 10.2. The molecule has 1 rings (SSSR count). The number of benzene rings is 1. The Morgan fingerprint density at radius 2 is 2.09 bits per heavy atom. The number of halogens is 2. The van der Waals surface area contributed by atoms with E-state index < -0.39 is 5.24 Å². The SMILES string of the molecule is O=C(Cl)c1ccc(P)c(Cl)c1. The van der Waals surface area contributed by atoms with Gasteiger partial charge in [0, 0.05) is 10.6 Å². The first-order chi connectivity index (χ1) is 5.11. The predicted octanol–water partition coefficient (Wildman–Crippen LogP) is 2.22. The van der Waals surface area contributed by atoms with Crippen LogP contribution in [-0.4, -0.2) is 5.24 Å².